The van der Waals surface area contributed by atoms with Gasteiger partial charge < -0.3 is 14.3 Å². The summed E-state index contributed by atoms with van der Waals surface area (Å²) in [5.74, 6) is 1.22. The first-order chi connectivity index (χ1) is 19.3. The van der Waals surface area contributed by atoms with Crippen molar-refractivity contribution in [3.8, 4) is 28.4 Å². The van der Waals surface area contributed by atoms with Crippen molar-refractivity contribution < 1.29 is 25.2 Å². The summed E-state index contributed by atoms with van der Waals surface area (Å²) in [5, 5.41) is 4.84. The summed E-state index contributed by atoms with van der Waals surface area (Å²) < 4.78 is 11.0. The minimum absolute atomic E-state index is 0. The van der Waals surface area contributed by atoms with E-state index >= 15 is 0 Å². The fourth-order valence-electron chi connectivity index (χ4n) is 5.23. The summed E-state index contributed by atoms with van der Waals surface area (Å²) in [4.78, 5) is 9.22. The number of thiophene rings is 1. The molecule has 8 rings (SSSR count). The Bertz CT molecular complexity index is 2170. The van der Waals surface area contributed by atoms with Gasteiger partial charge in [0, 0.05) is 54.8 Å². The van der Waals surface area contributed by atoms with Gasteiger partial charge in [0.1, 0.15) is 5.65 Å². The van der Waals surface area contributed by atoms with Crippen molar-refractivity contribution in [1.29, 1.82) is 0 Å². The average molecular weight is 624 g/mol. The average Bonchev–Trinajstić information content (AvgIpc) is 3.51. The maximum absolute atomic E-state index is 6.24. The fourth-order valence-corrected chi connectivity index (χ4v) is 6.35. The predicted octanol–water partition coefficient (Wildman–Crippen LogP) is 9.00. The quantitative estimate of drug-likeness (QED) is 0.145. The van der Waals surface area contributed by atoms with Crippen molar-refractivity contribution in [2.24, 2.45) is 0 Å². The standard InChI is InChI=1S/C34H19N3OS.Pd/c1-2-15-32-26(12-1)29-20-28-27-13-7-17-36-34(27)37(31(28)21-33(29)39-32)23-9-6-11-25(19-23)38-24-10-5-8-22(18-24)30-14-3-4-16-35-30;/h1-17,20-21H;/q-2;+2. The SMILES string of the molecule is [Pd+2].[c-]1c(Oc2[c-]c(-n3c4cc5sc6ccccc6c5cc4c4cccnc43)ccc2)cccc1-c1ccccn1. The zero-order chi connectivity index (χ0) is 25.8. The van der Waals surface area contributed by atoms with Gasteiger partial charge in [0.2, 0.25) is 0 Å². The summed E-state index contributed by atoms with van der Waals surface area (Å²) in [7, 11) is 0. The maximum Gasteiger partial charge on any atom is 2.00 e. The summed E-state index contributed by atoms with van der Waals surface area (Å²) in [6.07, 6.45) is 3.62. The second-order valence-corrected chi connectivity index (χ2v) is 10.4. The topological polar surface area (TPSA) is 39.9 Å². The Kier molecular flexibility index (Phi) is 6.17. The number of nitrogens with zero attached hydrogens (tertiary/aromatic N) is 3. The van der Waals surface area contributed by atoms with Gasteiger partial charge in [-0.1, -0.05) is 42.1 Å². The first-order valence-corrected chi connectivity index (χ1v) is 13.5. The van der Waals surface area contributed by atoms with Gasteiger partial charge in [-0.3, -0.25) is 0 Å². The van der Waals surface area contributed by atoms with E-state index in [2.05, 4.69) is 64.1 Å². The number of pyridine rings is 2. The number of hydrogen-bond donors (Lipinski definition) is 0. The minimum Gasteiger partial charge on any atom is -0.503 e. The molecule has 0 fully saturated rings. The van der Waals surface area contributed by atoms with E-state index in [4.69, 9.17) is 9.72 Å². The number of benzene rings is 4. The molecule has 0 aliphatic heterocycles. The smallest absolute Gasteiger partial charge is 0.503 e. The molecule has 6 heteroatoms. The summed E-state index contributed by atoms with van der Waals surface area (Å²) >= 11 is 1.82. The van der Waals surface area contributed by atoms with Crippen LogP contribution in [0.25, 0.3) is 59.1 Å². The fraction of sp³-hybridized carbons (Fsp3) is 0. The van der Waals surface area contributed by atoms with Crippen LogP contribution in [0.15, 0.2) is 116 Å². The second-order valence-electron chi connectivity index (χ2n) is 9.32. The zero-order valence-corrected chi connectivity index (χ0v) is 23.3. The van der Waals surface area contributed by atoms with Crippen molar-refractivity contribution in [2.75, 3.05) is 0 Å². The van der Waals surface area contributed by atoms with Crippen LogP contribution in [0.4, 0.5) is 0 Å². The third kappa shape index (κ3) is 4.09. The van der Waals surface area contributed by atoms with E-state index < -0.39 is 0 Å². The van der Waals surface area contributed by atoms with E-state index in [1.54, 1.807) is 6.20 Å². The molecule has 0 saturated carbocycles. The van der Waals surface area contributed by atoms with Crippen molar-refractivity contribution in [3.63, 3.8) is 0 Å². The van der Waals surface area contributed by atoms with Crippen LogP contribution in [0, 0.1) is 12.1 Å². The second kappa shape index (κ2) is 10.0. The van der Waals surface area contributed by atoms with E-state index in [1.165, 1.54) is 25.6 Å². The molecule has 4 aromatic carbocycles. The number of hydrogen-bond acceptors (Lipinski definition) is 4. The van der Waals surface area contributed by atoms with Gasteiger partial charge in [-0.15, -0.1) is 53.3 Å². The van der Waals surface area contributed by atoms with E-state index in [1.807, 2.05) is 78.2 Å². The van der Waals surface area contributed by atoms with Gasteiger partial charge in [0.25, 0.3) is 0 Å². The van der Waals surface area contributed by atoms with Crippen LogP contribution < -0.4 is 4.74 Å². The first-order valence-electron chi connectivity index (χ1n) is 12.7. The molecule has 4 nitrogen and oxygen atoms in total. The number of ether oxygens (including phenoxy) is 1. The van der Waals surface area contributed by atoms with Gasteiger partial charge >= 0.3 is 20.4 Å². The molecule has 0 aliphatic rings. The Labute approximate surface area is 248 Å². The molecule has 0 bridgehead atoms. The molecule has 0 spiro atoms. The van der Waals surface area contributed by atoms with E-state index in [-0.39, 0.29) is 20.4 Å². The van der Waals surface area contributed by atoms with Crippen LogP contribution in [-0.2, 0) is 20.4 Å². The monoisotopic (exact) mass is 623 g/mol. The van der Waals surface area contributed by atoms with E-state index in [0.29, 0.717) is 11.5 Å². The summed E-state index contributed by atoms with van der Waals surface area (Å²) in [6.45, 7) is 0. The maximum atomic E-state index is 6.24. The van der Waals surface area contributed by atoms with Crippen LogP contribution in [-0.4, -0.2) is 14.5 Å². The van der Waals surface area contributed by atoms with Crippen molar-refractivity contribution in [2.45, 2.75) is 0 Å². The molecular formula is C34H19N3OPdS. The largest absolute Gasteiger partial charge is 2.00 e. The Morgan fingerprint density at radius 2 is 1.43 bits per heavy atom. The van der Waals surface area contributed by atoms with Crippen LogP contribution in [0.1, 0.15) is 0 Å². The van der Waals surface area contributed by atoms with Crippen LogP contribution in [0.5, 0.6) is 11.5 Å². The zero-order valence-electron chi connectivity index (χ0n) is 20.9. The minimum atomic E-state index is 0. The molecule has 8 aromatic rings. The first kappa shape index (κ1) is 24.7. The number of rotatable bonds is 4. The molecule has 0 saturated heterocycles. The third-order valence-corrected chi connectivity index (χ3v) is 8.08. The number of fused-ring (bicyclic) bond motifs is 6. The molecule has 0 radical (unpaired) electrons. The van der Waals surface area contributed by atoms with Gasteiger partial charge in [-0.2, -0.15) is 6.07 Å². The molecule has 0 amide bonds. The molecular weight excluding hydrogens is 605 g/mol. The molecule has 0 unspecified atom stereocenters. The Hall–Kier alpha value is -4.34. The molecule has 40 heavy (non-hydrogen) atoms. The molecule has 192 valence electrons. The molecule has 0 N–H and O–H groups in total. The van der Waals surface area contributed by atoms with Gasteiger partial charge in [0.05, 0.1) is 5.52 Å². The molecule has 0 atom stereocenters. The van der Waals surface area contributed by atoms with Crippen molar-refractivity contribution in [1.82, 2.24) is 14.5 Å². The van der Waals surface area contributed by atoms with Crippen LogP contribution >= 0.6 is 11.3 Å². The van der Waals surface area contributed by atoms with Gasteiger partial charge in [-0.05, 0) is 42.1 Å². The summed E-state index contributed by atoms with van der Waals surface area (Å²) in [6, 6.07) is 41.7. The number of aromatic nitrogens is 3. The third-order valence-electron chi connectivity index (χ3n) is 6.95. The Morgan fingerprint density at radius 3 is 2.33 bits per heavy atom. The summed E-state index contributed by atoms with van der Waals surface area (Å²) in [5.41, 5.74) is 4.59. The Morgan fingerprint density at radius 1 is 0.625 bits per heavy atom. The molecule has 0 aliphatic carbocycles. The van der Waals surface area contributed by atoms with Crippen LogP contribution in [0.3, 0.4) is 0 Å². The van der Waals surface area contributed by atoms with E-state index in [9.17, 15) is 0 Å². The van der Waals surface area contributed by atoms with Crippen molar-refractivity contribution >= 4 is 53.4 Å². The van der Waals surface area contributed by atoms with Crippen LogP contribution in [0.2, 0.25) is 0 Å². The van der Waals surface area contributed by atoms with E-state index in [0.717, 1.165) is 33.5 Å². The molecule has 4 heterocycles. The van der Waals surface area contributed by atoms with Gasteiger partial charge in [-0.25, -0.2) is 4.98 Å². The normalized spacial score (nSPS) is 11.3. The predicted molar refractivity (Wildman–Crippen MR) is 159 cm³/mol. The Balaban J connectivity index is 0.00000264. The molecule has 4 aromatic heterocycles. The van der Waals surface area contributed by atoms with Crippen molar-refractivity contribution in [3.05, 3.63) is 128 Å². The van der Waals surface area contributed by atoms with Gasteiger partial charge in [0.15, 0.2) is 0 Å².